The third kappa shape index (κ3) is 5.55. The lowest BCUT2D eigenvalue weighted by atomic mass is 10.1. The van der Waals surface area contributed by atoms with Crippen LogP contribution in [0.2, 0.25) is 0 Å². The first-order valence-electron chi connectivity index (χ1n) is 8.62. The lowest BCUT2D eigenvalue weighted by Crippen LogP contribution is -2.53. The van der Waals surface area contributed by atoms with Gasteiger partial charge in [0.1, 0.15) is 11.6 Å². The van der Waals surface area contributed by atoms with Crippen molar-refractivity contribution >= 4 is 35.8 Å². The van der Waals surface area contributed by atoms with Crippen LogP contribution in [0.4, 0.5) is 10.2 Å². The first kappa shape index (κ1) is 20.4. The highest BCUT2D eigenvalue weighted by atomic mass is 127. The minimum absolute atomic E-state index is 0. The molecular weight excluding hydrogens is 444 g/mol. The summed E-state index contributed by atoms with van der Waals surface area (Å²) in [7, 11) is 1.81. The van der Waals surface area contributed by atoms with Crippen LogP contribution >= 0.6 is 24.0 Å². The van der Waals surface area contributed by atoms with Crippen molar-refractivity contribution in [2.45, 2.75) is 6.42 Å². The molecule has 26 heavy (non-hydrogen) atoms. The summed E-state index contributed by atoms with van der Waals surface area (Å²) in [6.07, 6.45) is 2.67. The molecule has 0 amide bonds. The van der Waals surface area contributed by atoms with Crippen LogP contribution in [0.1, 0.15) is 5.56 Å². The van der Waals surface area contributed by atoms with Gasteiger partial charge in [0, 0.05) is 46.0 Å². The summed E-state index contributed by atoms with van der Waals surface area (Å²) < 4.78 is 12.9. The molecule has 140 valence electrons. The molecule has 0 atom stereocenters. The molecule has 0 bridgehead atoms. The van der Waals surface area contributed by atoms with Crippen molar-refractivity contribution < 1.29 is 4.39 Å². The Kier molecular flexibility index (Phi) is 8.08. The average Bonchev–Trinajstić information content (AvgIpc) is 2.68. The third-order valence-electron chi connectivity index (χ3n) is 4.37. The zero-order valence-electron chi connectivity index (χ0n) is 14.9. The Bertz CT molecular complexity index is 685. The number of pyridine rings is 1. The number of hydrogen-bond acceptors (Lipinski definition) is 3. The first-order valence-corrected chi connectivity index (χ1v) is 8.62. The molecule has 1 aromatic carbocycles. The van der Waals surface area contributed by atoms with Crippen LogP contribution in [0.3, 0.4) is 0 Å². The van der Waals surface area contributed by atoms with Crippen LogP contribution in [0.15, 0.2) is 53.7 Å². The molecule has 2 heterocycles. The minimum Gasteiger partial charge on any atom is -0.356 e. The van der Waals surface area contributed by atoms with E-state index in [0.717, 1.165) is 56.5 Å². The molecule has 1 aromatic heterocycles. The number of halogens is 2. The van der Waals surface area contributed by atoms with Crippen molar-refractivity contribution in [3.63, 3.8) is 0 Å². The lowest BCUT2D eigenvalue weighted by Gasteiger charge is -2.37. The topological polar surface area (TPSA) is 43.8 Å². The SMILES string of the molecule is CN=C(NCCc1ccc(F)cc1)N1CCN(c2ccccn2)CC1.I. The van der Waals surface area contributed by atoms with Gasteiger partial charge in [-0.15, -0.1) is 24.0 Å². The van der Waals surface area contributed by atoms with Crippen molar-refractivity contribution in [3.05, 3.63) is 60.0 Å². The van der Waals surface area contributed by atoms with E-state index in [1.807, 2.05) is 43.6 Å². The summed E-state index contributed by atoms with van der Waals surface area (Å²) in [4.78, 5) is 13.4. The predicted molar refractivity (Wildman–Crippen MR) is 115 cm³/mol. The molecule has 1 saturated heterocycles. The van der Waals surface area contributed by atoms with Crippen molar-refractivity contribution in [1.82, 2.24) is 15.2 Å². The average molecular weight is 469 g/mol. The molecule has 1 aliphatic rings. The summed E-state index contributed by atoms with van der Waals surface area (Å²) in [5.74, 6) is 1.75. The van der Waals surface area contributed by atoms with Crippen LogP contribution in [0.5, 0.6) is 0 Å². The van der Waals surface area contributed by atoms with Crippen molar-refractivity contribution in [2.75, 3.05) is 44.7 Å². The lowest BCUT2D eigenvalue weighted by molar-refractivity contribution is 0.372. The Morgan fingerprint density at radius 2 is 1.85 bits per heavy atom. The summed E-state index contributed by atoms with van der Waals surface area (Å²) in [5.41, 5.74) is 1.12. The quantitative estimate of drug-likeness (QED) is 0.425. The summed E-state index contributed by atoms with van der Waals surface area (Å²) >= 11 is 0. The fourth-order valence-corrected chi connectivity index (χ4v) is 2.99. The van der Waals surface area contributed by atoms with E-state index in [-0.39, 0.29) is 29.8 Å². The highest BCUT2D eigenvalue weighted by Gasteiger charge is 2.20. The van der Waals surface area contributed by atoms with Gasteiger partial charge in [-0.3, -0.25) is 4.99 Å². The molecule has 3 rings (SSSR count). The molecule has 5 nitrogen and oxygen atoms in total. The normalized spacial score (nSPS) is 14.8. The van der Waals surface area contributed by atoms with E-state index < -0.39 is 0 Å². The summed E-state index contributed by atoms with van der Waals surface area (Å²) in [6, 6.07) is 12.7. The second-order valence-corrected chi connectivity index (χ2v) is 6.01. The number of hydrogen-bond donors (Lipinski definition) is 1. The molecule has 1 aliphatic heterocycles. The Balaban J connectivity index is 0.00000243. The zero-order valence-corrected chi connectivity index (χ0v) is 17.3. The number of anilines is 1. The molecule has 0 radical (unpaired) electrons. The third-order valence-corrected chi connectivity index (χ3v) is 4.37. The van der Waals surface area contributed by atoms with Gasteiger partial charge in [-0.2, -0.15) is 0 Å². The van der Waals surface area contributed by atoms with E-state index in [1.165, 1.54) is 12.1 Å². The van der Waals surface area contributed by atoms with Crippen LogP contribution in [0.25, 0.3) is 0 Å². The largest absolute Gasteiger partial charge is 0.356 e. The second-order valence-electron chi connectivity index (χ2n) is 6.01. The maximum atomic E-state index is 12.9. The Morgan fingerprint density at radius 1 is 1.12 bits per heavy atom. The van der Waals surface area contributed by atoms with Gasteiger partial charge in [0.2, 0.25) is 0 Å². The molecule has 0 saturated carbocycles. The number of nitrogens with one attached hydrogen (secondary N) is 1. The smallest absolute Gasteiger partial charge is 0.193 e. The van der Waals surface area contributed by atoms with Gasteiger partial charge < -0.3 is 15.1 Å². The van der Waals surface area contributed by atoms with E-state index in [9.17, 15) is 4.39 Å². The first-order chi connectivity index (χ1) is 12.3. The number of benzene rings is 1. The van der Waals surface area contributed by atoms with Gasteiger partial charge in [0.25, 0.3) is 0 Å². The number of nitrogens with zero attached hydrogens (tertiary/aromatic N) is 4. The fourth-order valence-electron chi connectivity index (χ4n) is 2.99. The summed E-state index contributed by atoms with van der Waals surface area (Å²) in [5, 5.41) is 3.40. The van der Waals surface area contributed by atoms with Crippen LogP contribution < -0.4 is 10.2 Å². The van der Waals surface area contributed by atoms with Gasteiger partial charge in [0.15, 0.2) is 5.96 Å². The van der Waals surface area contributed by atoms with Crippen LogP contribution in [-0.4, -0.2) is 55.6 Å². The number of rotatable bonds is 4. The van der Waals surface area contributed by atoms with E-state index in [0.29, 0.717) is 0 Å². The second kappa shape index (κ2) is 10.3. The van der Waals surface area contributed by atoms with Crippen molar-refractivity contribution in [3.8, 4) is 0 Å². The van der Waals surface area contributed by atoms with E-state index >= 15 is 0 Å². The monoisotopic (exact) mass is 469 g/mol. The van der Waals surface area contributed by atoms with Gasteiger partial charge in [0.05, 0.1) is 0 Å². The van der Waals surface area contributed by atoms with E-state index in [1.54, 1.807) is 0 Å². The molecule has 7 heteroatoms. The molecule has 2 aromatic rings. The Morgan fingerprint density at radius 3 is 2.46 bits per heavy atom. The number of guanidine groups is 1. The molecule has 0 unspecified atom stereocenters. The Hall–Kier alpha value is -1.90. The fraction of sp³-hybridized carbons (Fsp3) is 0.368. The van der Waals surface area contributed by atoms with Crippen molar-refractivity contribution in [2.24, 2.45) is 4.99 Å². The van der Waals surface area contributed by atoms with Crippen molar-refractivity contribution in [1.29, 1.82) is 0 Å². The highest BCUT2D eigenvalue weighted by molar-refractivity contribution is 14.0. The maximum Gasteiger partial charge on any atom is 0.193 e. The van der Waals surface area contributed by atoms with Crippen LogP contribution in [-0.2, 0) is 6.42 Å². The molecule has 0 spiro atoms. The van der Waals surface area contributed by atoms with E-state index in [4.69, 9.17) is 0 Å². The van der Waals surface area contributed by atoms with Gasteiger partial charge in [-0.05, 0) is 36.2 Å². The summed E-state index contributed by atoms with van der Waals surface area (Å²) in [6.45, 7) is 4.45. The maximum absolute atomic E-state index is 12.9. The minimum atomic E-state index is -0.196. The van der Waals surface area contributed by atoms with Crippen LogP contribution in [0, 0.1) is 5.82 Å². The molecular formula is C19H25FIN5. The molecule has 1 N–H and O–H groups in total. The number of aromatic nitrogens is 1. The standard InChI is InChI=1S/C19H24FN5.HI/c1-21-19(23-11-9-16-5-7-17(20)8-6-16)25-14-12-24(13-15-25)18-4-2-3-10-22-18;/h2-8,10H,9,11-15H2,1H3,(H,21,23);1H. The number of piperazine rings is 1. The molecule has 1 fully saturated rings. The van der Waals surface area contributed by atoms with E-state index in [2.05, 4.69) is 25.1 Å². The van der Waals surface area contributed by atoms with Gasteiger partial charge >= 0.3 is 0 Å². The Labute approximate surface area is 171 Å². The van der Waals surface area contributed by atoms with Gasteiger partial charge in [-0.25, -0.2) is 9.37 Å². The predicted octanol–water partition coefficient (Wildman–Crippen LogP) is 2.78. The molecule has 0 aliphatic carbocycles. The number of aliphatic imine (C=N–C) groups is 1. The zero-order chi connectivity index (χ0) is 17.5. The highest BCUT2D eigenvalue weighted by Crippen LogP contribution is 2.12. The van der Waals surface area contributed by atoms with Gasteiger partial charge in [-0.1, -0.05) is 18.2 Å².